The summed E-state index contributed by atoms with van der Waals surface area (Å²) in [6.45, 7) is 9.70. The zero-order valence-corrected chi connectivity index (χ0v) is 36.0. The fraction of sp³-hybridized carbons (Fsp3) is 0.322. The van der Waals surface area contributed by atoms with Crippen molar-refractivity contribution in [1.82, 2.24) is 0 Å². The van der Waals surface area contributed by atoms with E-state index in [-0.39, 0.29) is 16.2 Å². The highest BCUT2D eigenvalue weighted by Gasteiger charge is 2.79. The summed E-state index contributed by atoms with van der Waals surface area (Å²) in [5.41, 5.74) is 15.3. The Bertz CT molecular complexity index is 2910. The van der Waals surface area contributed by atoms with Gasteiger partial charge in [-0.05, 0) is 184 Å². The molecule has 4 atom stereocenters. The maximum absolute atomic E-state index is 6.92. The highest BCUT2D eigenvalue weighted by atomic mass is 16.5. The smallest absolute Gasteiger partial charge is 0.131 e. The number of nitrogens with zero attached hydrogens (tertiary/aromatic N) is 1. The Morgan fingerprint density at radius 2 is 1.07 bits per heavy atom. The van der Waals surface area contributed by atoms with Gasteiger partial charge in [0.05, 0.1) is 0 Å². The van der Waals surface area contributed by atoms with Crippen molar-refractivity contribution in [2.45, 2.75) is 88.9 Å². The molecule has 1 heterocycles. The first-order valence-corrected chi connectivity index (χ1v) is 23.2. The Kier molecular flexibility index (Phi) is 7.40. The van der Waals surface area contributed by atoms with Gasteiger partial charge in [-0.3, -0.25) is 0 Å². The van der Waals surface area contributed by atoms with Crippen molar-refractivity contribution < 1.29 is 4.74 Å². The van der Waals surface area contributed by atoms with Gasteiger partial charge in [-0.2, -0.15) is 0 Å². The third-order valence-corrected chi connectivity index (χ3v) is 17.3. The number of benzene rings is 7. The number of fused-ring (bicyclic) bond motifs is 10. The summed E-state index contributed by atoms with van der Waals surface area (Å²) in [6.07, 6.45) is 9.49. The first kappa shape index (κ1) is 36.1. The first-order chi connectivity index (χ1) is 29.6. The highest BCUT2D eigenvalue weighted by molar-refractivity contribution is 5.88. The lowest BCUT2D eigenvalue weighted by Crippen LogP contribution is -2.64. The van der Waals surface area contributed by atoms with Crippen LogP contribution in [0, 0.1) is 29.1 Å². The standard InChI is InChI=1S/C59H55NO/c1-56(2)26-27-57(3,4)50-33-44(20-24-48(50)56)42-12-9-13-46(32-42)60(45-21-18-40(19-22-45)43-17-16-39-10-5-6-11-41(39)31-43)47-23-25-53-51(34-47)59(49-14-7-8-15-52(49)61-53)54-29-37-28-38-30-55(59)58(54,35-37)36-38/h5-25,31-34,37-38,54-55H,26-30,35-36H2,1-4H3. The number of hydrogen-bond donors (Lipinski definition) is 0. The molecule has 4 unspecified atom stereocenters. The molecule has 61 heavy (non-hydrogen) atoms. The van der Waals surface area contributed by atoms with Gasteiger partial charge in [0.25, 0.3) is 0 Å². The van der Waals surface area contributed by atoms with Gasteiger partial charge < -0.3 is 9.64 Å². The summed E-state index contributed by atoms with van der Waals surface area (Å²) in [4.78, 5) is 2.51. The molecule has 7 aromatic carbocycles. The van der Waals surface area contributed by atoms with Crippen LogP contribution in [-0.4, -0.2) is 0 Å². The van der Waals surface area contributed by atoms with Gasteiger partial charge in [-0.15, -0.1) is 0 Å². The summed E-state index contributed by atoms with van der Waals surface area (Å²) in [5, 5.41) is 2.54. The van der Waals surface area contributed by atoms with E-state index in [4.69, 9.17) is 4.74 Å². The van der Waals surface area contributed by atoms with E-state index in [1.54, 1.807) is 0 Å². The maximum atomic E-state index is 6.92. The molecule has 2 nitrogen and oxygen atoms in total. The Morgan fingerprint density at radius 3 is 1.87 bits per heavy atom. The third kappa shape index (κ3) is 5.03. The molecule has 0 N–H and O–H groups in total. The Hall–Kier alpha value is -5.60. The van der Waals surface area contributed by atoms with E-state index in [2.05, 4.69) is 184 Å². The van der Waals surface area contributed by atoms with Crippen molar-refractivity contribution in [3.8, 4) is 33.8 Å². The minimum atomic E-state index is 0.00127. The molecular weight excluding hydrogens is 739 g/mol. The van der Waals surface area contributed by atoms with Crippen LogP contribution in [0.1, 0.15) is 94.9 Å². The zero-order valence-electron chi connectivity index (χ0n) is 36.0. The summed E-state index contributed by atoms with van der Waals surface area (Å²) < 4.78 is 6.92. The Morgan fingerprint density at radius 1 is 0.443 bits per heavy atom. The topological polar surface area (TPSA) is 12.5 Å². The summed E-state index contributed by atoms with van der Waals surface area (Å²) in [7, 11) is 0. The van der Waals surface area contributed by atoms with E-state index >= 15 is 0 Å². The van der Waals surface area contributed by atoms with Gasteiger partial charge in [0, 0.05) is 33.6 Å². The van der Waals surface area contributed by atoms with Crippen LogP contribution < -0.4 is 9.64 Å². The Balaban J connectivity index is 0.966. The minimum Gasteiger partial charge on any atom is -0.457 e. The van der Waals surface area contributed by atoms with Crippen LogP contribution in [0.15, 0.2) is 152 Å². The Labute approximate surface area is 361 Å². The summed E-state index contributed by atoms with van der Waals surface area (Å²) in [5.74, 6) is 5.26. The normalized spacial score (nSPS) is 27.7. The number of anilines is 3. The van der Waals surface area contributed by atoms with Crippen molar-refractivity contribution in [3.05, 3.63) is 174 Å². The molecular formula is C59H55NO. The summed E-state index contributed by atoms with van der Waals surface area (Å²) in [6, 6.07) is 57.6. The lowest BCUT2D eigenvalue weighted by molar-refractivity contribution is -0.0882. The van der Waals surface area contributed by atoms with Crippen molar-refractivity contribution in [2.75, 3.05) is 4.90 Å². The minimum absolute atomic E-state index is 0.00127. The molecule has 302 valence electrons. The largest absolute Gasteiger partial charge is 0.457 e. The zero-order chi connectivity index (χ0) is 40.9. The average molecular weight is 794 g/mol. The molecule has 0 saturated heterocycles. The molecule has 0 aromatic heterocycles. The molecule has 2 heteroatoms. The van der Waals surface area contributed by atoms with E-state index in [0.29, 0.717) is 17.3 Å². The molecule has 4 fully saturated rings. The number of rotatable bonds is 5. The van der Waals surface area contributed by atoms with Gasteiger partial charge in [0.1, 0.15) is 11.5 Å². The lowest BCUT2D eigenvalue weighted by Gasteiger charge is -2.66. The molecule has 0 radical (unpaired) electrons. The number of hydrogen-bond acceptors (Lipinski definition) is 2. The predicted octanol–water partition coefficient (Wildman–Crippen LogP) is 15.8. The van der Waals surface area contributed by atoms with Crippen LogP contribution in [0.25, 0.3) is 33.0 Å². The lowest BCUT2D eigenvalue weighted by atomic mass is 9.37. The van der Waals surface area contributed by atoms with Crippen LogP contribution in [0.5, 0.6) is 11.5 Å². The van der Waals surface area contributed by atoms with E-state index in [0.717, 1.165) is 29.0 Å². The maximum Gasteiger partial charge on any atom is 0.131 e. The van der Waals surface area contributed by atoms with Crippen molar-refractivity contribution in [2.24, 2.45) is 29.1 Å². The molecule has 1 aliphatic heterocycles. The van der Waals surface area contributed by atoms with Gasteiger partial charge in [-0.1, -0.05) is 125 Å². The predicted molar refractivity (Wildman–Crippen MR) is 252 cm³/mol. The van der Waals surface area contributed by atoms with Gasteiger partial charge in [0.15, 0.2) is 0 Å². The monoisotopic (exact) mass is 793 g/mol. The fourth-order valence-corrected chi connectivity index (χ4v) is 14.7. The van der Waals surface area contributed by atoms with E-state index < -0.39 is 0 Å². The van der Waals surface area contributed by atoms with Crippen LogP contribution in [0.4, 0.5) is 17.1 Å². The van der Waals surface area contributed by atoms with E-state index in [1.165, 1.54) is 112 Å². The van der Waals surface area contributed by atoms with Crippen LogP contribution in [0.3, 0.4) is 0 Å². The third-order valence-electron chi connectivity index (χ3n) is 17.3. The average Bonchev–Trinajstić information content (AvgIpc) is 3.68. The van der Waals surface area contributed by atoms with Crippen LogP contribution in [-0.2, 0) is 16.2 Å². The molecule has 2 spiro atoms. The first-order valence-electron chi connectivity index (χ1n) is 23.2. The van der Waals surface area contributed by atoms with E-state index in [9.17, 15) is 0 Å². The second-order valence-corrected chi connectivity index (χ2v) is 21.4. The highest BCUT2D eigenvalue weighted by Crippen LogP contribution is 2.85. The molecule has 4 saturated carbocycles. The SMILES string of the molecule is CC1(C)CCC(C)(C)c2cc(-c3cccc(N(c4ccc(-c5ccc6ccccc6c5)cc4)c4ccc5c(c4)C4(c6ccccc6O5)C5CC6CC7CC4C5(C6)C7)c3)ccc21. The van der Waals surface area contributed by atoms with Gasteiger partial charge >= 0.3 is 0 Å². The quantitative estimate of drug-likeness (QED) is 0.172. The second-order valence-electron chi connectivity index (χ2n) is 21.4. The van der Waals surface area contributed by atoms with Crippen molar-refractivity contribution >= 4 is 27.8 Å². The van der Waals surface area contributed by atoms with Crippen LogP contribution >= 0.6 is 0 Å². The molecule has 6 aliphatic rings. The fourth-order valence-electron chi connectivity index (χ4n) is 14.7. The molecule has 3 bridgehead atoms. The molecule has 13 rings (SSSR count). The number of para-hydroxylation sites is 1. The summed E-state index contributed by atoms with van der Waals surface area (Å²) >= 11 is 0. The van der Waals surface area contributed by atoms with Crippen molar-refractivity contribution in [3.63, 3.8) is 0 Å². The molecule has 0 amide bonds. The number of ether oxygens (including phenoxy) is 1. The van der Waals surface area contributed by atoms with Gasteiger partial charge in [0.2, 0.25) is 0 Å². The van der Waals surface area contributed by atoms with Crippen LogP contribution in [0.2, 0.25) is 0 Å². The van der Waals surface area contributed by atoms with E-state index in [1.807, 2.05) is 0 Å². The second kappa shape index (κ2) is 12.5. The van der Waals surface area contributed by atoms with Crippen molar-refractivity contribution in [1.29, 1.82) is 0 Å². The molecule has 5 aliphatic carbocycles. The van der Waals surface area contributed by atoms with Gasteiger partial charge in [-0.25, -0.2) is 0 Å². The molecule has 7 aromatic rings.